The number of nitrogens with zero attached hydrogens (tertiary/aromatic N) is 4. The number of aryl methyl sites for hydroxylation is 1. The van der Waals surface area contributed by atoms with E-state index in [1.807, 2.05) is 55.7 Å². The Bertz CT molecular complexity index is 1700. The molecule has 0 aliphatic heterocycles. The van der Waals surface area contributed by atoms with Crippen LogP contribution in [0.3, 0.4) is 0 Å². The number of H-pyrrole nitrogens is 1. The minimum Gasteiger partial charge on any atom is -0.350 e. The van der Waals surface area contributed by atoms with Crippen molar-refractivity contribution >= 4 is 27.6 Å². The lowest BCUT2D eigenvalue weighted by molar-refractivity contribution is -0.0199. The van der Waals surface area contributed by atoms with Gasteiger partial charge in [0.15, 0.2) is 0 Å². The summed E-state index contributed by atoms with van der Waals surface area (Å²) in [4.78, 5) is 25.0. The van der Waals surface area contributed by atoms with E-state index in [9.17, 15) is 9.59 Å². The zero-order chi connectivity index (χ0) is 24.4. The maximum Gasteiger partial charge on any atom is 0.290 e. The third-order valence-corrected chi connectivity index (χ3v) is 7.89. The number of benzene rings is 2. The molecule has 2 fully saturated rings. The Morgan fingerprint density at radius 2 is 1.89 bits per heavy atom. The van der Waals surface area contributed by atoms with Gasteiger partial charge in [-0.05, 0) is 54.9 Å². The number of aromatic amines is 1. The van der Waals surface area contributed by atoms with Gasteiger partial charge >= 0.3 is 0 Å². The van der Waals surface area contributed by atoms with Crippen molar-refractivity contribution in [2.75, 3.05) is 0 Å². The summed E-state index contributed by atoms with van der Waals surface area (Å²) in [5.74, 6) is 0.352. The molecule has 0 unspecified atom stereocenters. The van der Waals surface area contributed by atoms with Crippen LogP contribution in [-0.2, 0) is 7.05 Å². The third kappa shape index (κ3) is 3.26. The van der Waals surface area contributed by atoms with E-state index in [1.165, 1.54) is 0 Å². The van der Waals surface area contributed by atoms with Crippen LogP contribution >= 0.6 is 0 Å². The van der Waals surface area contributed by atoms with E-state index in [0.717, 1.165) is 47.9 Å². The molecular formula is C27H24N6O3. The molecule has 1 amide bonds. The zero-order valence-corrected chi connectivity index (χ0v) is 19.7. The first kappa shape index (κ1) is 21.0. The lowest BCUT2D eigenvalue weighted by Crippen LogP contribution is -2.55. The highest BCUT2D eigenvalue weighted by atomic mass is 16.5. The molecule has 9 nitrogen and oxygen atoms in total. The summed E-state index contributed by atoms with van der Waals surface area (Å²) in [5.41, 5.74) is 3.67. The predicted octanol–water partition coefficient (Wildman–Crippen LogP) is 3.92. The molecule has 0 radical (unpaired) electrons. The van der Waals surface area contributed by atoms with Crippen LogP contribution in [-0.4, -0.2) is 37.1 Å². The number of fused-ring (bicyclic) bond motifs is 2. The van der Waals surface area contributed by atoms with Gasteiger partial charge in [-0.25, -0.2) is 5.10 Å². The van der Waals surface area contributed by atoms with E-state index in [2.05, 4.69) is 25.8 Å². The van der Waals surface area contributed by atoms with Crippen LogP contribution in [0.15, 0.2) is 64.2 Å². The molecule has 1 spiro atoms. The highest BCUT2D eigenvalue weighted by Gasteiger charge is 2.54. The summed E-state index contributed by atoms with van der Waals surface area (Å²) in [6, 6.07) is 13.5. The summed E-state index contributed by atoms with van der Waals surface area (Å²) in [5, 5.41) is 20.8. The van der Waals surface area contributed by atoms with Gasteiger partial charge in [-0.15, -0.1) is 0 Å². The van der Waals surface area contributed by atoms with Crippen molar-refractivity contribution in [3.05, 3.63) is 76.7 Å². The first-order valence-electron chi connectivity index (χ1n) is 12.1. The molecule has 180 valence electrons. The first-order chi connectivity index (χ1) is 17.5. The SMILES string of the molecule is Cn1cc(-c2ccc3c(C(=O)NC4CC5(C4)CC(c4n[nH]c(=O)c6ccccc46)C5)onc3c2)cn1. The summed E-state index contributed by atoms with van der Waals surface area (Å²) < 4.78 is 7.19. The second-order valence-electron chi connectivity index (χ2n) is 10.3. The van der Waals surface area contributed by atoms with Crippen LogP contribution in [0.5, 0.6) is 0 Å². The Morgan fingerprint density at radius 3 is 2.67 bits per heavy atom. The number of rotatable bonds is 4. The van der Waals surface area contributed by atoms with Crippen molar-refractivity contribution in [1.82, 2.24) is 30.5 Å². The van der Waals surface area contributed by atoms with Crippen LogP contribution in [0.1, 0.15) is 47.8 Å². The van der Waals surface area contributed by atoms with Crippen molar-refractivity contribution in [2.45, 2.75) is 37.6 Å². The van der Waals surface area contributed by atoms with Crippen molar-refractivity contribution in [3.63, 3.8) is 0 Å². The van der Waals surface area contributed by atoms with Crippen molar-refractivity contribution in [3.8, 4) is 11.1 Å². The molecule has 36 heavy (non-hydrogen) atoms. The summed E-state index contributed by atoms with van der Waals surface area (Å²) in [6.45, 7) is 0. The van der Waals surface area contributed by atoms with Crippen molar-refractivity contribution in [1.29, 1.82) is 0 Å². The van der Waals surface area contributed by atoms with Crippen LogP contribution in [0, 0.1) is 5.41 Å². The molecule has 3 aromatic heterocycles. The molecule has 5 aromatic rings. The standard InChI is InChI=1S/C27H24N6O3/c1-33-14-17(13-28-33)15-6-7-21-22(8-15)32-36-24(21)26(35)29-18-11-27(12-18)9-16(10-27)23-19-4-2-3-5-20(19)25(34)31-30-23/h2-8,13-14,16,18H,9-12H2,1H3,(H,29,35)(H,31,34). The zero-order valence-electron chi connectivity index (χ0n) is 19.7. The van der Waals surface area contributed by atoms with Gasteiger partial charge in [0.25, 0.3) is 11.5 Å². The maximum atomic E-state index is 13.0. The normalized spacial score (nSPS) is 23.0. The first-order valence-corrected chi connectivity index (χ1v) is 12.1. The van der Waals surface area contributed by atoms with Gasteiger partial charge in [0.2, 0.25) is 5.76 Å². The topological polar surface area (TPSA) is 119 Å². The Kier molecular flexibility index (Phi) is 4.45. The molecule has 0 bridgehead atoms. The quantitative estimate of drug-likeness (QED) is 0.402. The number of aromatic nitrogens is 5. The van der Waals surface area contributed by atoms with Gasteiger partial charge in [-0.3, -0.25) is 14.3 Å². The van der Waals surface area contributed by atoms with Gasteiger partial charge < -0.3 is 9.84 Å². The van der Waals surface area contributed by atoms with Gasteiger partial charge in [0.1, 0.15) is 5.52 Å². The van der Waals surface area contributed by atoms with Crippen molar-refractivity contribution in [2.24, 2.45) is 12.5 Å². The average Bonchev–Trinajstić information content (AvgIpc) is 3.46. The Balaban J connectivity index is 1.01. The Morgan fingerprint density at radius 1 is 1.08 bits per heavy atom. The molecule has 0 saturated heterocycles. The van der Waals surface area contributed by atoms with Crippen LogP contribution < -0.4 is 10.9 Å². The van der Waals surface area contributed by atoms with E-state index in [-0.39, 0.29) is 28.7 Å². The fraction of sp³-hybridized carbons (Fsp3) is 0.296. The smallest absolute Gasteiger partial charge is 0.290 e. The summed E-state index contributed by atoms with van der Waals surface area (Å²) >= 11 is 0. The van der Waals surface area contributed by atoms with E-state index in [4.69, 9.17) is 4.52 Å². The highest BCUT2D eigenvalue weighted by molar-refractivity contribution is 6.04. The Hall–Kier alpha value is -4.27. The van der Waals surface area contributed by atoms with Crippen LogP contribution in [0.4, 0.5) is 0 Å². The number of nitrogens with one attached hydrogen (secondary N) is 2. The number of carbonyl (C=O) groups is 1. The fourth-order valence-corrected chi connectivity index (χ4v) is 6.15. The lowest BCUT2D eigenvalue weighted by Gasteiger charge is -2.57. The highest BCUT2D eigenvalue weighted by Crippen LogP contribution is 2.62. The van der Waals surface area contributed by atoms with Gasteiger partial charge in [-0.1, -0.05) is 29.4 Å². The van der Waals surface area contributed by atoms with E-state index >= 15 is 0 Å². The monoisotopic (exact) mass is 480 g/mol. The van der Waals surface area contributed by atoms with Gasteiger partial charge in [0, 0.05) is 36.2 Å². The average molecular weight is 481 g/mol. The van der Waals surface area contributed by atoms with Crippen LogP contribution in [0.25, 0.3) is 32.8 Å². The second-order valence-corrected chi connectivity index (χ2v) is 10.3. The predicted molar refractivity (Wildman–Crippen MR) is 133 cm³/mol. The summed E-state index contributed by atoms with van der Waals surface area (Å²) in [7, 11) is 1.87. The largest absolute Gasteiger partial charge is 0.350 e. The second kappa shape index (κ2) is 7.61. The van der Waals surface area contributed by atoms with Gasteiger partial charge in [-0.2, -0.15) is 10.2 Å². The molecule has 3 heterocycles. The molecule has 2 N–H and O–H groups in total. The van der Waals surface area contributed by atoms with E-state index in [0.29, 0.717) is 22.2 Å². The number of amides is 1. The van der Waals surface area contributed by atoms with E-state index < -0.39 is 0 Å². The van der Waals surface area contributed by atoms with E-state index in [1.54, 1.807) is 10.9 Å². The molecule has 2 saturated carbocycles. The Labute approximate surface area is 205 Å². The van der Waals surface area contributed by atoms with Crippen molar-refractivity contribution < 1.29 is 9.32 Å². The minimum atomic E-state index is -0.226. The third-order valence-electron chi connectivity index (χ3n) is 7.89. The molecule has 2 aliphatic carbocycles. The molecule has 2 aromatic carbocycles. The summed E-state index contributed by atoms with van der Waals surface area (Å²) in [6.07, 6.45) is 7.64. The minimum absolute atomic E-state index is 0.119. The fourth-order valence-electron chi connectivity index (χ4n) is 6.15. The lowest BCUT2D eigenvalue weighted by atomic mass is 9.49. The molecule has 2 aliphatic rings. The number of hydrogen-bond acceptors (Lipinski definition) is 6. The molecule has 0 atom stereocenters. The number of hydrogen-bond donors (Lipinski definition) is 2. The van der Waals surface area contributed by atoms with Crippen LogP contribution in [0.2, 0.25) is 0 Å². The molecular weight excluding hydrogens is 456 g/mol. The molecule has 9 heteroatoms. The van der Waals surface area contributed by atoms with Gasteiger partial charge in [0.05, 0.1) is 22.7 Å². The number of carbonyl (C=O) groups excluding carboxylic acids is 1. The maximum absolute atomic E-state index is 13.0. The molecule has 7 rings (SSSR count).